The van der Waals surface area contributed by atoms with E-state index < -0.39 is 15.3 Å². The number of hydrogen-bond donors (Lipinski definition) is 2. The Morgan fingerprint density at radius 3 is 2.62 bits per heavy atom. The Labute approximate surface area is 105 Å². The molecule has 2 atom stereocenters. The second-order valence-electron chi connectivity index (χ2n) is 3.49. The van der Waals surface area contributed by atoms with Gasteiger partial charge < -0.3 is 5.73 Å². The average Bonchev–Trinajstić information content (AvgIpc) is 2.68. The van der Waals surface area contributed by atoms with E-state index in [4.69, 9.17) is 5.73 Å². The molecule has 16 heavy (non-hydrogen) atoms. The zero-order valence-corrected chi connectivity index (χ0v) is 11.5. The molecule has 0 amide bonds. The van der Waals surface area contributed by atoms with Gasteiger partial charge in [0, 0.05) is 6.04 Å². The summed E-state index contributed by atoms with van der Waals surface area (Å²) in [6, 6.07) is 1.61. The lowest BCUT2D eigenvalue weighted by Gasteiger charge is -2.17. The van der Waals surface area contributed by atoms with Gasteiger partial charge >= 0.3 is 0 Å². The van der Waals surface area contributed by atoms with Crippen molar-refractivity contribution in [1.82, 2.24) is 4.72 Å². The minimum atomic E-state index is -3.50. The maximum Gasteiger partial charge on any atom is 0.221 e. The monoisotopic (exact) mass is 278 g/mol. The maximum absolute atomic E-state index is 11.8. The van der Waals surface area contributed by atoms with Gasteiger partial charge in [-0.3, -0.25) is 0 Å². The van der Waals surface area contributed by atoms with Crippen LogP contribution in [-0.2, 0) is 10.0 Å². The molecule has 4 nitrogen and oxygen atoms in total. The molecule has 0 aliphatic carbocycles. The van der Waals surface area contributed by atoms with E-state index in [2.05, 4.69) is 16.9 Å². The van der Waals surface area contributed by atoms with Gasteiger partial charge in [-0.1, -0.05) is 12.2 Å². The standard InChI is InChI=1S/C9H14N2O2S3/c1-6(8-3-4-15-5-8)11-16(12,13)7(2)9(10)14/h3-7,11H,1-2H3,(H2,10,14). The highest BCUT2D eigenvalue weighted by Gasteiger charge is 2.25. The summed E-state index contributed by atoms with van der Waals surface area (Å²) in [6.07, 6.45) is 0. The van der Waals surface area contributed by atoms with Gasteiger partial charge in [0.15, 0.2) is 0 Å². The second kappa shape index (κ2) is 5.22. The number of hydrogen-bond acceptors (Lipinski definition) is 4. The van der Waals surface area contributed by atoms with Gasteiger partial charge in [-0.25, -0.2) is 13.1 Å². The summed E-state index contributed by atoms with van der Waals surface area (Å²) in [4.78, 5) is -0.0231. The Balaban J connectivity index is 2.78. The second-order valence-corrected chi connectivity index (χ2v) is 6.77. The molecule has 0 radical (unpaired) electrons. The molecule has 3 N–H and O–H groups in total. The van der Waals surface area contributed by atoms with Crippen LogP contribution in [0.4, 0.5) is 0 Å². The number of thiophene rings is 1. The highest BCUT2D eigenvalue weighted by Crippen LogP contribution is 2.17. The van der Waals surface area contributed by atoms with E-state index >= 15 is 0 Å². The fraction of sp³-hybridized carbons (Fsp3) is 0.444. The number of nitrogens with one attached hydrogen (secondary N) is 1. The van der Waals surface area contributed by atoms with Crippen molar-refractivity contribution in [2.24, 2.45) is 5.73 Å². The summed E-state index contributed by atoms with van der Waals surface area (Å²) in [5, 5.41) is 2.94. The third kappa shape index (κ3) is 3.24. The van der Waals surface area contributed by atoms with Crippen molar-refractivity contribution in [3.63, 3.8) is 0 Å². The van der Waals surface area contributed by atoms with Crippen molar-refractivity contribution in [2.75, 3.05) is 0 Å². The summed E-state index contributed by atoms with van der Waals surface area (Å²) < 4.78 is 26.2. The maximum atomic E-state index is 11.8. The minimum absolute atomic E-state index is 0.0231. The van der Waals surface area contributed by atoms with Crippen LogP contribution in [0.1, 0.15) is 25.5 Å². The first-order chi connectivity index (χ1) is 7.34. The molecule has 90 valence electrons. The smallest absolute Gasteiger partial charge is 0.221 e. The molecule has 0 bridgehead atoms. The van der Waals surface area contributed by atoms with E-state index in [1.165, 1.54) is 18.3 Å². The lowest BCUT2D eigenvalue weighted by molar-refractivity contribution is 0.564. The molecule has 1 rings (SSSR count). The van der Waals surface area contributed by atoms with Gasteiger partial charge in [0.1, 0.15) is 5.25 Å². The third-order valence-corrected chi connectivity index (χ3v) is 5.32. The molecule has 0 saturated heterocycles. The van der Waals surface area contributed by atoms with Crippen LogP contribution in [-0.4, -0.2) is 18.7 Å². The van der Waals surface area contributed by atoms with Crippen LogP contribution in [0.3, 0.4) is 0 Å². The lowest BCUT2D eigenvalue weighted by Crippen LogP contribution is -2.40. The zero-order valence-electron chi connectivity index (χ0n) is 9.01. The molecule has 0 aromatic carbocycles. The van der Waals surface area contributed by atoms with E-state index in [0.717, 1.165) is 5.56 Å². The van der Waals surface area contributed by atoms with Crippen LogP contribution in [0.25, 0.3) is 0 Å². The van der Waals surface area contributed by atoms with Gasteiger partial charge in [0.05, 0.1) is 4.99 Å². The number of sulfonamides is 1. The van der Waals surface area contributed by atoms with Gasteiger partial charge in [-0.05, 0) is 36.2 Å². The fourth-order valence-electron chi connectivity index (χ4n) is 1.09. The molecule has 1 aromatic heterocycles. The normalized spacial score (nSPS) is 15.6. The molecule has 1 heterocycles. The summed E-state index contributed by atoms with van der Waals surface area (Å²) >= 11 is 6.20. The molecule has 1 aromatic rings. The Morgan fingerprint density at radius 2 is 2.19 bits per heavy atom. The Kier molecular flexibility index (Phi) is 4.43. The summed E-state index contributed by atoms with van der Waals surface area (Å²) in [7, 11) is -3.50. The van der Waals surface area contributed by atoms with Crippen molar-refractivity contribution >= 4 is 38.6 Å². The minimum Gasteiger partial charge on any atom is -0.392 e. The number of rotatable bonds is 5. The molecule has 0 fully saturated rings. The van der Waals surface area contributed by atoms with E-state index in [1.807, 2.05) is 16.8 Å². The quantitative estimate of drug-likeness (QED) is 0.799. The predicted octanol–water partition coefficient (Wildman–Crippen LogP) is 1.40. The molecule has 7 heteroatoms. The summed E-state index contributed by atoms with van der Waals surface area (Å²) in [5.41, 5.74) is 6.26. The molecular weight excluding hydrogens is 264 g/mol. The predicted molar refractivity (Wildman–Crippen MR) is 71.0 cm³/mol. The van der Waals surface area contributed by atoms with Crippen molar-refractivity contribution in [3.05, 3.63) is 22.4 Å². The highest BCUT2D eigenvalue weighted by atomic mass is 32.2. The van der Waals surface area contributed by atoms with Gasteiger partial charge in [0.2, 0.25) is 10.0 Å². The number of nitrogens with two attached hydrogens (primary N) is 1. The first-order valence-corrected chi connectivity index (χ1v) is 7.57. The first-order valence-electron chi connectivity index (χ1n) is 4.67. The zero-order chi connectivity index (χ0) is 12.3. The van der Waals surface area contributed by atoms with Crippen molar-refractivity contribution in [2.45, 2.75) is 25.1 Å². The number of thiocarbonyl (C=S) groups is 1. The van der Waals surface area contributed by atoms with Crippen LogP contribution in [0, 0.1) is 0 Å². The van der Waals surface area contributed by atoms with E-state index in [0.29, 0.717) is 0 Å². The van der Waals surface area contributed by atoms with Gasteiger partial charge in [0.25, 0.3) is 0 Å². The molecule has 2 unspecified atom stereocenters. The van der Waals surface area contributed by atoms with E-state index in [9.17, 15) is 8.42 Å². The van der Waals surface area contributed by atoms with Gasteiger partial charge in [-0.15, -0.1) is 0 Å². The van der Waals surface area contributed by atoms with Gasteiger partial charge in [-0.2, -0.15) is 11.3 Å². The topological polar surface area (TPSA) is 72.2 Å². The van der Waals surface area contributed by atoms with Crippen LogP contribution in [0.15, 0.2) is 16.8 Å². The Bertz CT molecular complexity index is 453. The van der Waals surface area contributed by atoms with Crippen LogP contribution in [0.5, 0.6) is 0 Å². The SMILES string of the molecule is CC(NS(=O)(=O)C(C)C(N)=S)c1ccsc1. The molecular formula is C9H14N2O2S3. The molecule has 0 saturated carbocycles. The van der Waals surface area contributed by atoms with Crippen LogP contribution >= 0.6 is 23.6 Å². The van der Waals surface area contributed by atoms with Crippen molar-refractivity contribution < 1.29 is 8.42 Å². The molecule has 0 aliphatic heterocycles. The first kappa shape index (κ1) is 13.6. The van der Waals surface area contributed by atoms with Crippen molar-refractivity contribution in [1.29, 1.82) is 0 Å². The molecule has 0 aliphatic rings. The third-order valence-electron chi connectivity index (χ3n) is 2.25. The molecule has 0 spiro atoms. The van der Waals surface area contributed by atoms with E-state index in [1.54, 1.807) is 6.92 Å². The summed E-state index contributed by atoms with van der Waals surface area (Å²) in [6.45, 7) is 3.26. The Hall–Kier alpha value is -0.500. The average molecular weight is 278 g/mol. The largest absolute Gasteiger partial charge is 0.392 e. The lowest BCUT2D eigenvalue weighted by atomic mass is 10.2. The van der Waals surface area contributed by atoms with Crippen molar-refractivity contribution in [3.8, 4) is 0 Å². The highest BCUT2D eigenvalue weighted by molar-refractivity contribution is 7.93. The van der Waals surface area contributed by atoms with Crippen LogP contribution < -0.4 is 10.5 Å². The summed E-state index contributed by atoms with van der Waals surface area (Å²) in [5.74, 6) is 0. The van der Waals surface area contributed by atoms with E-state index in [-0.39, 0.29) is 11.0 Å². The fourth-order valence-corrected chi connectivity index (χ4v) is 3.36. The Morgan fingerprint density at radius 1 is 1.56 bits per heavy atom. The van der Waals surface area contributed by atoms with Crippen LogP contribution in [0.2, 0.25) is 0 Å².